The van der Waals surface area contributed by atoms with Crippen molar-refractivity contribution in [3.63, 3.8) is 0 Å². The first-order valence-corrected chi connectivity index (χ1v) is 13.2. The highest BCUT2D eigenvalue weighted by Crippen LogP contribution is 2.36. The van der Waals surface area contributed by atoms with Crippen LogP contribution in [0.3, 0.4) is 0 Å². The highest BCUT2D eigenvalue weighted by Gasteiger charge is 2.37. The summed E-state index contributed by atoms with van der Waals surface area (Å²) in [6.45, 7) is 20.4. The highest BCUT2D eigenvalue weighted by atomic mass is 79.9. The van der Waals surface area contributed by atoms with Gasteiger partial charge in [-0.3, -0.25) is 9.80 Å². The maximum Gasteiger partial charge on any atom is 0.192 e. The van der Waals surface area contributed by atoms with Crippen LogP contribution in [-0.2, 0) is 4.43 Å². The van der Waals surface area contributed by atoms with Gasteiger partial charge in [-0.1, -0.05) is 48.8 Å². The fourth-order valence-corrected chi connectivity index (χ4v) is 4.45. The van der Waals surface area contributed by atoms with Crippen molar-refractivity contribution in [1.82, 2.24) is 9.80 Å². The molecule has 3 nitrogen and oxygen atoms in total. The fourth-order valence-electron chi connectivity index (χ4n) is 3.00. The van der Waals surface area contributed by atoms with Crippen LogP contribution in [-0.4, -0.2) is 57.4 Å². The zero-order valence-corrected chi connectivity index (χ0v) is 19.4. The van der Waals surface area contributed by atoms with Gasteiger partial charge in [-0.2, -0.15) is 0 Å². The predicted octanol–water partition coefficient (Wildman–Crippen LogP) is 5.15. The van der Waals surface area contributed by atoms with E-state index in [4.69, 9.17) is 4.43 Å². The van der Waals surface area contributed by atoms with Crippen molar-refractivity contribution < 1.29 is 4.43 Å². The van der Waals surface area contributed by atoms with E-state index < -0.39 is 8.32 Å². The minimum atomic E-state index is -1.61. The zero-order chi connectivity index (χ0) is 18.7. The molecular weight excluding hydrogens is 392 g/mol. The first-order chi connectivity index (χ1) is 11.6. The molecule has 0 aliphatic carbocycles. The Labute approximate surface area is 164 Å². The van der Waals surface area contributed by atoms with E-state index in [0.717, 1.165) is 39.3 Å². The Morgan fingerprint density at radius 3 is 2.36 bits per heavy atom. The normalized spacial score (nSPS) is 19.2. The molecule has 1 saturated heterocycles. The van der Waals surface area contributed by atoms with Crippen LogP contribution in [0.25, 0.3) is 0 Å². The third-order valence-electron chi connectivity index (χ3n) is 5.96. The largest absolute Gasteiger partial charge is 0.416 e. The van der Waals surface area contributed by atoms with Crippen molar-refractivity contribution >= 4 is 24.2 Å². The second-order valence-electron chi connectivity index (χ2n) is 8.72. The summed E-state index contributed by atoms with van der Waals surface area (Å²) in [5, 5.41) is 0.297. The van der Waals surface area contributed by atoms with Crippen LogP contribution >= 0.6 is 15.9 Å². The van der Waals surface area contributed by atoms with Crippen molar-refractivity contribution in [2.75, 3.05) is 39.3 Å². The molecule has 0 aromatic heterocycles. The molecule has 0 N–H and O–H groups in total. The topological polar surface area (TPSA) is 15.7 Å². The van der Waals surface area contributed by atoms with Gasteiger partial charge in [0.15, 0.2) is 8.32 Å². The maximum absolute atomic E-state index is 6.33. The molecule has 1 heterocycles. The molecule has 2 rings (SSSR count). The van der Waals surface area contributed by atoms with E-state index in [-0.39, 0.29) is 0 Å². The third kappa shape index (κ3) is 5.89. The van der Waals surface area contributed by atoms with Gasteiger partial charge in [0.2, 0.25) is 0 Å². The van der Waals surface area contributed by atoms with Gasteiger partial charge in [0.05, 0.1) is 0 Å². The Kier molecular flexibility index (Phi) is 7.31. The Morgan fingerprint density at radius 1 is 1.16 bits per heavy atom. The summed E-state index contributed by atoms with van der Waals surface area (Å²) in [5.41, 5.74) is 1.39. The van der Waals surface area contributed by atoms with Crippen LogP contribution in [0.5, 0.6) is 0 Å². The van der Waals surface area contributed by atoms with Crippen LogP contribution in [0.1, 0.15) is 39.3 Å². The molecule has 0 bridgehead atoms. The van der Waals surface area contributed by atoms with Gasteiger partial charge >= 0.3 is 0 Å². The van der Waals surface area contributed by atoms with E-state index in [0.29, 0.717) is 11.1 Å². The van der Waals surface area contributed by atoms with Crippen molar-refractivity contribution in [2.24, 2.45) is 0 Å². The Balaban J connectivity index is 1.76. The molecule has 0 saturated carbocycles. The summed E-state index contributed by atoms with van der Waals surface area (Å²) in [6.07, 6.45) is 0. The number of hydrogen-bond acceptors (Lipinski definition) is 3. The number of hydrogen-bond donors (Lipinski definition) is 0. The molecule has 25 heavy (non-hydrogen) atoms. The summed E-state index contributed by atoms with van der Waals surface area (Å²) < 4.78 is 7.50. The molecule has 0 amide bonds. The lowest BCUT2D eigenvalue weighted by molar-refractivity contribution is 0.0900. The molecule has 1 aliphatic rings. The van der Waals surface area contributed by atoms with Crippen molar-refractivity contribution in [1.29, 1.82) is 0 Å². The van der Waals surface area contributed by atoms with Crippen LogP contribution in [0.4, 0.5) is 0 Å². The molecule has 1 fully saturated rings. The van der Waals surface area contributed by atoms with Crippen molar-refractivity contribution in [2.45, 2.75) is 51.9 Å². The molecule has 1 aromatic carbocycles. The minimum absolute atomic E-state index is 0.297. The number of piperazine rings is 1. The quantitative estimate of drug-likeness (QED) is 0.584. The number of nitrogens with zero attached hydrogens (tertiary/aromatic N) is 2. The van der Waals surface area contributed by atoms with Gasteiger partial charge < -0.3 is 4.43 Å². The second kappa shape index (κ2) is 8.66. The summed E-state index contributed by atoms with van der Waals surface area (Å²) in [6, 6.07) is 9.17. The lowest BCUT2D eigenvalue weighted by Crippen LogP contribution is -2.49. The van der Waals surface area contributed by atoms with Gasteiger partial charge in [0, 0.05) is 49.8 Å². The van der Waals surface area contributed by atoms with Crippen molar-refractivity contribution in [3.8, 4) is 0 Å². The standard InChI is InChI=1S/C20H35BrN2OSi/c1-17(18-8-7-9-19(21)16-18)23-12-10-22(11-13-23)14-15-24-25(5,6)20(2,3)4/h7-9,16-17H,10-15H2,1-6H3/t17-/m1/s1. The average molecular weight is 428 g/mol. The monoisotopic (exact) mass is 426 g/mol. The van der Waals surface area contributed by atoms with E-state index in [9.17, 15) is 0 Å². The van der Waals surface area contributed by atoms with Gasteiger partial charge in [0.1, 0.15) is 0 Å². The number of benzene rings is 1. The van der Waals surface area contributed by atoms with E-state index >= 15 is 0 Å². The van der Waals surface area contributed by atoms with E-state index in [1.165, 1.54) is 10.0 Å². The van der Waals surface area contributed by atoms with Crippen LogP contribution < -0.4 is 0 Å². The van der Waals surface area contributed by atoms with Gasteiger partial charge in [-0.15, -0.1) is 0 Å². The third-order valence-corrected chi connectivity index (χ3v) is 11.0. The lowest BCUT2D eigenvalue weighted by Gasteiger charge is -2.40. The molecule has 142 valence electrons. The Bertz CT molecular complexity index is 551. The predicted molar refractivity (Wildman–Crippen MR) is 114 cm³/mol. The molecule has 5 heteroatoms. The molecule has 1 aromatic rings. The minimum Gasteiger partial charge on any atom is -0.416 e. The lowest BCUT2D eigenvalue weighted by atomic mass is 10.1. The van der Waals surface area contributed by atoms with Crippen molar-refractivity contribution in [3.05, 3.63) is 34.3 Å². The second-order valence-corrected chi connectivity index (χ2v) is 14.4. The SMILES string of the molecule is C[C@H](c1cccc(Br)c1)N1CCN(CCO[Si](C)(C)C(C)(C)C)CC1. The van der Waals surface area contributed by atoms with Gasteiger partial charge in [-0.05, 0) is 42.8 Å². The Hall–Kier alpha value is -0.203. The van der Waals surface area contributed by atoms with Crippen LogP contribution in [0.2, 0.25) is 18.1 Å². The molecule has 0 spiro atoms. The first-order valence-electron chi connectivity index (χ1n) is 9.46. The Morgan fingerprint density at radius 2 is 1.80 bits per heavy atom. The zero-order valence-electron chi connectivity index (χ0n) is 16.8. The molecule has 1 aliphatic heterocycles. The summed E-state index contributed by atoms with van der Waals surface area (Å²) in [7, 11) is -1.61. The van der Waals surface area contributed by atoms with Crippen LogP contribution in [0, 0.1) is 0 Å². The number of rotatable bonds is 6. The van der Waals surface area contributed by atoms with E-state index in [1.54, 1.807) is 0 Å². The maximum atomic E-state index is 6.33. The van der Waals surface area contributed by atoms with E-state index in [2.05, 4.69) is 90.8 Å². The molecular formula is C20H35BrN2OSi. The highest BCUT2D eigenvalue weighted by molar-refractivity contribution is 9.10. The summed E-state index contributed by atoms with van der Waals surface area (Å²) in [4.78, 5) is 5.14. The number of halogens is 1. The van der Waals surface area contributed by atoms with Crippen LogP contribution in [0.15, 0.2) is 28.7 Å². The first kappa shape index (κ1) is 21.1. The fraction of sp³-hybridized carbons (Fsp3) is 0.700. The molecule has 0 radical (unpaired) electrons. The summed E-state index contributed by atoms with van der Waals surface area (Å²) in [5.74, 6) is 0. The molecule has 0 unspecified atom stereocenters. The van der Waals surface area contributed by atoms with Gasteiger partial charge in [-0.25, -0.2) is 0 Å². The smallest absolute Gasteiger partial charge is 0.192 e. The summed E-state index contributed by atoms with van der Waals surface area (Å²) >= 11 is 3.58. The van der Waals surface area contributed by atoms with E-state index in [1.807, 2.05) is 0 Å². The van der Waals surface area contributed by atoms with Gasteiger partial charge in [0.25, 0.3) is 0 Å². The molecule has 1 atom stereocenters. The average Bonchev–Trinajstić information content (AvgIpc) is 2.53.